The van der Waals surface area contributed by atoms with E-state index in [1.54, 1.807) is 18.3 Å². The zero-order valence-electron chi connectivity index (χ0n) is 19.1. The summed E-state index contributed by atoms with van der Waals surface area (Å²) in [6.07, 6.45) is 3.56. The lowest BCUT2D eigenvalue weighted by Crippen LogP contribution is -2.41. The lowest BCUT2D eigenvalue weighted by atomic mass is 9.86. The molecule has 0 spiro atoms. The van der Waals surface area contributed by atoms with Crippen LogP contribution < -0.4 is 10.1 Å². The van der Waals surface area contributed by atoms with Gasteiger partial charge >= 0.3 is 0 Å². The van der Waals surface area contributed by atoms with Crippen molar-refractivity contribution in [1.29, 1.82) is 0 Å². The van der Waals surface area contributed by atoms with Crippen LogP contribution in [0.1, 0.15) is 46.1 Å². The number of pyridine rings is 1. The van der Waals surface area contributed by atoms with E-state index in [4.69, 9.17) is 4.74 Å². The summed E-state index contributed by atoms with van der Waals surface area (Å²) in [6.45, 7) is 4.17. The molecule has 172 valence electrons. The van der Waals surface area contributed by atoms with Gasteiger partial charge in [0.05, 0.1) is 18.8 Å². The molecule has 5 nitrogen and oxygen atoms in total. The van der Waals surface area contributed by atoms with E-state index in [0.29, 0.717) is 23.4 Å². The van der Waals surface area contributed by atoms with E-state index in [9.17, 15) is 9.18 Å². The number of nitrogens with one attached hydrogen (secondary N) is 1. The van der Waals surface area contributed by atoms with Crippen molar-refractivity contribution in [3.8, 4) is 5.75 Å². The minimum atomic E-state index is -0.242. The highest BCUT2D eigenvalue weighted by atomic mass is 19.1. The van der Waals surface area contributed by atoms with Crippen molar-refractivity contribution >= 4 is 5.91 Å². The van der Waals surface area contributed by atoms with Crippen molar-refractivity contribution in [2.75, 3.05) is 20.2 Å². The standard InChI is InChI=1S/C27H30FN3O2/c1-19-7-3-4-8-23(19)27(32)30-26(25-9-5-6-14-29-25)20-12-15-31(16-13-20)18-21-10-11-22(33-2)17-24(21)28/h3-11,14,17,20,26H,12-13,15-16,18H2,1-2H3,(H,30,32)/t26-/m0/s1. The van der Waals surface area contributed by atoms with Crippen LogP contribution in [0.3, 0.4) is 0 Å². The largest absolute Gasteiger partial charge is 0.497 e. The van der Waals surface area contributed by atoms with E-state index < -0.39 is 0 Å². The lowest BCUT2D eigenvalue weighted by molar-refractivity contribution is 0.0887. The fourth-order valence-electron chi connectivity index (χ4n) is 4.51. The van der Waals surface area contributed by atoms with Gasteiger partial charge in [0, 0.05) is 29.9 Å². The molecular weight excluding hydrogens is 417 g/mol. The maximum atomic E-state index is 14.4. The Bertz CT molecular complexity index is 1080. The Morgan fingerprint density at radius 3 is 2.58 bits per heavy atom. The number of hydrogen-bond donors (Lipinski definition) is 1. The van der Waals surface area contributed by atoms with Gasteiger partial charge in [-0.1, -0.05) is 30.3 Å². The van der Waals surface area contributed by atoms with Gasteiger partial charge in [0.25, 0.3) is 5.91 Å². The smallest absolute Gasteiger partial charge is 0.252 e. The molecule has 1 N–H and O–H groups in total. The fraction of sp³-hybridized carbons (Fsp3) is 0.333. The molecule has 1 aliphatic heterocycles. The van der Waals surface area contributed by atoms with Gasteiger partial charge in [-0.2, -0.15) is 0 Å². The fourth-order valence-corrected chi connectivity index (χ4v) is 4.51. The molecule has 3 aromatic rings. The van der Waals surface area contributed by atoms with Crippen molar-refractivity contribution in [2.24, 2.45) is 5.92 Å². The van der Waals surface area contributed by atoms with E-state index in [0.717, 1.165) is 37.2 Å². The van der Waals surface area contributed by atoms with Crippen molar-refractivity contribution in [3.63, 3.8) is 0 Å². The van der Waals surface area contributed by atoms with E-state index in [-0.39, 0.29) is 23.7 Å². The topological polar surface area (TPSA) is 54.5 Å². The van der Waals surface area contributed by atoms with Crippen LogP contribution in [0.4, 0.5) is 4.39 Å². The van der Waals surface area contributed by atoms with Gasteiger partial charge in [-0.15, -0.1) is 0 Å². The van der Waals surface area contributed by atoms with Crippen LogP contribution in [0.25, 0.3) is 0 Å². The molecule has 1 aromatic heterocycles. The number of aryl methyl sites for hydroxylation is 1. The Balaban J connectivity index is 1.44. The molecule has 1 fully saturated rings. The van der Waals surface area contributed by atoms with Gasteiger partial charge in [0.1, 0.15) is 11.6 Å². The Kier molecular flexibility index (Phi) is 7.35. The first-order valence-electron chi connectivity index (χ1n) is 11.4. The number of nitrogens with zero attached hydrogens (tertiary/aromatic N) is 2. The molecule has 1 saturated heterocycles. The second-order valence-corrected chi connectivity index (χ2v) is 8.59. The number of hydrogen-bond acceptors (Lipinski definition) is 4. The van der Waals surface area contributed by atoms with Crippen LogP contribution in [0, 0.1) is 18.7 Å². The molecule has 0 saturated carbocycles. The summed E-state index contributed by atoms with van der Waals surface area (Å²) in [7, 11) is 1.54. The summed E-state index contributed by atoms with van der Waals surface area (Å²) < 4.78 is 19.5. The van der Waals surface area contributed by atoms with Crippen LogP contribution in [-0.2, 0) is 6.54 Å². The summed E-state index contributed by atoms with van der Waals surface area (Å²) in [5, 5.41) is 3.25. The summed E-state index contributed by atoms with van der Waals surface area (Å²) in [6, 6.07) is 18.3. The van der Waals surface area contributed by atoms with Crippen LogP contribution >= 0.6 is 0 Å². The highest BCUT2D eigenvalue weighted by molar-refractivity contribution is 5.95. The van der Waals surface area contributed by atoms with Gasteiger partial charge in [-0.3, -0.25) is 14.7 Å². The lowest BCUT2D eigenvalue weighted by Gasteiger charge is -2.36. The number of carbonyl (C=O) groups excluding carboxylic acids is 1. The number of benzene rings is 2. The molecule has 0 radical (unpaired) electrons. The Labute approximate surface area is 194 Å². The highest BCUT2D eigenvalue weighted by Crippen LogP contribution is 2.31. The number of halogens is 1. The monoisotopic (exact) mass is 447 g/mol. The Morgan fingerprint density at radius 1 is 1.15 bits per heavy atom. The van der Waals surface area contributed by atoms with Crippen molar-refractivity contribution in [3.05, 3.63) is 95.1 Å². The zero-order chi connectivity index (χ0) is 23.2. The van der Waals surface area contributed by atoms with Crippen molar-refractivity contribution in [1.82, 2.24) is 15.2 Å². The minimum Gasteiger partial charge on any atom is -0.497 e. The summed E-state index contributed by atoms with van der Waals surface area (Å²) in [4.78, 5) is 19.9. The number of amides is 1. The molecule has 1 amide bonds. The quantitative estimate of drug-likeness (QED) is 0.559. The second kappa shape index (κ2) is 10.6. The number of likely N-dealkylation sites (tertiary alicyclic amines) is 1. The number of carbonyl (C=O) groups is 1. The third kappa shape index (κ3) is 5.57. The molecule has 0 unspecified atom stereocenters. The van der Waals surface area contributed by atoms with Gasteiger partial charge in [0.2, 0.25) is 0 Å². The number of aromatic nitrogens is 1. The molecule has 33 heavy (non-hydrogen) atoms. The van der Waals surface area contributed by atoms with Gasteiger partial charge in [0.15, 0.2) is 0 Å². The molecule has 1 aliphatic rings. The maximum Gasteiger partial charge on any atom is 0.252 e. The first-order valence-corrected chi connectivity index (χ1v) is 11.4. The number of ether oxygens (including phenoxy) is 1. The third-order valence-electron chi connectivity index (χ3n) is 6.44. The Morgan fingerprint density at radius 2 is 1.91 bits per heavy atom. The average Bonchev–Trinajstić information content (AvgIpc) is 2.85. The summed E-state index contributed by atoms with van der Waals surface area (Å²) >= 11 is 0. The molecule has 6 heteroatoms. The van der Waals surface area contributed by atoms with Crippen LogP contribution in [0.5, 0.6) is 5.75 Å². The highest BCUT2D eigenvalue weighted by Gasteiger charge is 2.30. The second-order valence-electron chi connectivity index (χ2n) is 8.59. The number of rotatable bonds is 7. The van der Waals surface area contributed by atoms with Crippen LogP contribution in [-0.4, -0.2) is 36.0 Å². The van der Waals surface area contributed by atoms with E-state index in [1.807, 2.05) is 49.4 Å². The predicted molar refractivity (Wildman–Crippen MR) is 127 cm³/mol. The molecular formula is C27H30FN3O2. The van der Waals surface area contributed by atoms with Crippen molar-refractivity contribution in [2.45, 2.75) is 32.4 Å². The molecule has 1 atom stereocenters. The molecule has 4 rings (SSSR count). The predicted octanol–water partition coefficient (Wildman–Crippen LogP) is 4.92. The Hall–Kier alpha value is -3.25. The van der Waals surface area contributed by atoms with Gasteiger partial charge < -0.3 is 10.1 Å². The first kappa shape index (κ1) is 22.9. The zero-order valence-corrected chi connectivity index (χ0v) is 19.1. The number of methoxy groups -OCH3 is 1. The molecule has 0 aliphatic carbocycles. The first-order chi connectivity index (χ1) is 16.0. The van der Waals surface area contributed by atoms with Gasteiger partial charge in [-0.05, 0) is 68.6 Å². The summed E-state index contributed by atoms with van der Waals surface area (Å²) in [5.41, 5.74) is 3.18. The third-order valence-corrected chi connectivity index (χ3v) is 6.44. The molecule has 0 bridgehead atoms. The molecule has 2 aromatic carbocycles. The molecule has 2 heterocycles. The average molecular weight is 448 g/mol. The normalized spacial score (nSPS) is 15.7. The van der Waals surface area contributed by atoms with E-state index >= 15 is 0 Å². The van der Waals surface area contributed by atoms with E-state index in [1.165, 1.54) is 13.2 Å². The van der Waals surface area contributed by atoms with Crippen LogP contribution in [0.15, 0.2) is 66.9 Å². The van der Waals surface area contributed by atoms with Crippen molar-refractivity contribution < 1.29 is 13.9 Å². The minimum absolute atomic E-state index is 0.0773. The van der Waals surface area contributed by atoms with E-state index in [2.05, 4.69) is 15.2 Å². The number of piperidine rings is 1. The summed E-state index contributed by atoms with van der Waals surface area (Å²) in [5.74, 6) is 0.460. The van der Waals surface area contributed by atoms with Crippen LogP contribution in [0.2, 0.25) is 0 Å². The SMILES string of the molecule is COc1ccc(CN2CCC([C@H](NC(=O)c3ccccc3C)c3ccccn3)CC2)c(F)c1. The van der Waals surface area contributed by atoms with Gasteiger partial charge in [-0.25, -0.2) is 4.39 Å². The maximum absolute atomic E-state index is 14.4.